The third-order valence-corrected chi connectivity index (χ3v) is 23.4. The number of hydrogen-bond donors (Lipinski definition) is 0. The molecule has 0 amide bonds. The highest BCUT2D eigenvalue weighted by Crippen LogP contribution is 2.37. The molecule has 8 nitrogen and oxygen atoms in total. The van der Waals surface area contributed by atoms with Crippen LogP contribution in [0.2, 0.25) is 0 Å². The number of nitrogens with zero attached hydrogens (tertiary/aromatic N) is 4. The Bertz CT molecular complexity index is 4890. The summed E-state index contributed by atoms with van der Waals surface area (Å²) < 4.78 is 24.0. The lowest BCUT2D eigenvalue weighted by molar-refractivity contribution is 0.183. The number of ether oxygens (including phenoxy) is 4. The average molecular weight is 1640 g/mol. The molecule has 638 valence electrons. The molecule has 0 aliphatic carbocycles. The molecule has 8 heteroatoms. The van der Waals surface area contributed by atoms with Crippen LogP contribution in [0, 0.1) is 0 Å². The van der Waals surface area contributed by atoms with E-state index in [1.807, 2.05) is 0 Å². The van der Waals surface area contributed by atoms with Crippen LogP contribution in [0.3, 0.4) is 0 Å². The average Bonchev–Trinajstić information content (AvgIpc) is 1.19. The Kier molecular flexibility index (Phi) is 39.2. The van der Waals surface area contributed by atoms with Gasteiger partial charge >= 0.3 is 0 Å². The zero-order valence-corrected chi connectivity index (χ0v) is 74.8. The molecule has 0 atom stereocenters. The minimum atomic E-state index is 0.696. The maximum Gasteiger partial charge on any atom is 0.119 e. The SMILES string of the molecule is CCC(Cc1ccccc1)=C(c1ccccc1)c1ccc(OCCN(C)C)cc1.CCC(Cc1ccccc1)=C(c1ccccc1)c1ccc(OCCN(CC)CC)cc1.CCC(Cc1ccccc1)=C(c1ccccc1)c1ccc(OCCN2CCCC2)cc1.CCC(Cc1ccccc1)=C(c1ccccc1)c1ccc(OCCN2CCCCC2)cc1. The van der Waals surface area contributed by atoms with E-state index >= 15 is 0 Å². The lowest BCUT2D eigenvalue weighted by Crippen LogP contribution is -2.33. The molecule has 2 aliphatic rings. The Morgan fingerprint density at radius 2 is 0.455 bits per heavy atom. The molecule has 0 bridgehead atoms. The van der Waals surface area contributed by atoms with Gasteiger partial charge in [-0.1, -0.05) is 361 Å². The molecule has 0 aromatic heterocycles. The summed E-state index contributed by atoms with van der Waals surface area (Å²) in [6.07, 6.45) is 14.6. The Labute approximate surface area is 738 Å². The fourth-order valence-corrected chi connectivity index (χ4v) is 16.5. The normalized spacial score (nSPS) is 13.6. The van der Waals surface area contributed by atoms with Crippen molar-refractivity contribution < 1.29 is 18.9 Å². The highest BCUT2D eigenvalue weighted by atomic mass is 16.5. The molecule has 0 spiro atoms. The zero-order valence-electron chi connectivity index (χ0n) is 74.8. The van der Waals surface area contributed by atoms with E-state index in [1.54, 1.807) is 0 Å². The van der Waals surface area contributed by atoms with Crippen LogP contribution in [-0.4, -0.2) is 126 Å². The molecule has 0 unspecified atom stereocenters. The van der Waals surface area contributed by atoms with Crippen LogP contribution in [0.5, 0.6) is 23.0 Å². The van der Waals surface area contributed by atoms with Crippen LogP contribution < -0.4 is 18.9 Å². The Balaban J connectivity index is 0.000000160. The van der Waals surface area contributed by atoms with Gasteiger partial charge in [0, 0.05) is 26.2 Å². The second-order valence-corrected chi connectivity index (χ2v) is 32.2. The summed E-state index contributed by atoms with van der Waals surface area (Å²) in [5.41, 5.74) is 26.7. The van der Waals surface area contributed by atoms with Crippen LogP contribution in [-0.2, 0) is 25.7 Å². The second-order valence-electron chi connectivity index (χ2n) is 32.2. The summed E-state index contributed by atoms with van der Waals surface area (Å²) in [6, 6.07) is 121. The van der Waals surface area contributed by atoms with Gasteiger partial charge in [0.05, 0.1) is 0 Å². The Hall–Kier alpha value is -11.4. The maximum atomic E-state index is 6.07. The molecule has 12 aromatic rings. The van der Waals surface area contributed by atoms with Gasteiger partial charge in [-0.15, -0.1) is 0 Å². The van der Waals surface area contributed by atoms with Crippen molar-refractivity contribution in [1.29, 1.82) is 0 Å². The predicted molar refractivity (Wildman–Crippen MR) is 522 cm³/mol. The first-order chi connectivity index (χ1) is 60.6. The smallest absolute Gasteiger partial charge is 0.119 e. The summed E-state index contributed by atoms with van der Waals surface area (Å²) in [4.78, 5) is 9.51. The van der Waals surface area contributed by atoms with Crippen molar-refractivity contribution in [2.75, 3.05) is 106 Å². The van der Waals surface area contributed by atoms with Crippen molar-refractivity contribution >= 4 is 22.3 Å². The van der Waals surface area contributed by atoms with E-state index in [1.165, 1.54) is 170 Å². The summed E-state index contributed by atoms with van der Waals surface area (Å²) in [5, 5.41) is 0. The highest BCUT2D eigenvalue weighted by molar-refractivity contribution is 5.86. The predicted octanol–water partition coefficient (Wildman–Crippen LogP) is 26.6. The van der Waals surface area contributed by atoms with Crippen molar-refractivity contribution in [1.82, 2.24) is 19.6 Å². The molecule has 0 radical (unpaired) electrons. The van der Waals surface area contributed by atoms with Gasteiger partial charge in [0.15, 0.2) is 0 Å². The number of allylic oxidation sites excluding steroid dienone is 4. The molecule has 12 aromatic carbocycles. The Morgan fingerprint density at radius 3 is 0.683 bits per heavy atom. The molecule has 0 N–H and O–H groups in total. The van der Waals surface area contributed by atoms with E-state index < -0.39 is 0 Å². The first-order valence-electron chi connectivity index (χ1n) is 45.6. The minimum Gasteiger partial charge on any atom is -0.492 e. The molecule has 14 rings (SSSR count). The monoisotopic (exact) mass is 1640 g/mol. The van der Waals surface area contributed by atoms with Crippen LogP contribution in [0.1, 0.15) is 166 Å². The van der Waals surface area contributed by atoms with Gasteiger partial charge in [-0.2, -0.15) is 0 Å². The summed E-state index contributed by atoms with van der Waals surface area (Å²) in [5.74, 6) is 3.77. The summed E-state index contributed by atoms with van der Waals surface area (Å²) in [6.45, 7) is 27.2. The minimum absolute atomic E-state index is 0.696. The van der Waals surface area contributed by atoms with Crippen molar-refractivity contribution in [3.63, 3.8) is 0 Å². The van der Waals surface area contributed by atoms with Gasteiger partial charge in [0.1, 0.15) is 49.4 Å². The lowest BCUT2D eigenvalue weighted by atomic mass is 9.88. The third kappa shape index (κ3) is 30.3. The number of piperidine rings is 1. The molecule has 123 heavy (non-hydrogen) atoms. The largest absolute Gasteiger partial charge is 0.492 e. The molecule has 0 saturated carbocycles. The topological polar surface area (TPSA) is 49.9 Å². The fourth-order valence-electron chi connectivity index (χ4n) is 16.5. The van der Waals surface area contributed by atoms with E-state index in [-0.39, 0.29) is 0 Å². The van der Waals surface area contributed by atoms with Gasteiger partial charge < -0.3 is 28.7 Å². The molecule has 2 heterocycles. The van der Waals surface area contributed by atoms with Crippen LogP contribution in [0.25, 0.3) is 22.3 Å². The Morgan fingerprint density at radius 1 is 0.244 bits per heavy atom. The van der Waals surface area contributed by atoms with Gasteiger partial charge in [0.25, 0.3) is 0 Å². The molecule has 2 aliphatic heterocycles. The lowest BCUT2D eigenvalue weighted by Gasteiger charge is -2.26. The van der Waals surface area contributed by atoms with E-state index in [0.29, 0.717) is 6.61 Å². The van der Waals surface area contributed by atoms with Crippen LogP contribution in [0.4, 0.5) is 0 Å². The first-order valence-corrected chi connectivity index (χ1v) is 45.6. The summed E-state index contributed by atoms with van der Waals surface area (Å²) in [7, 11) is 4.12. The number of likely N-dealkylation sites (tertiary alicyclic amines) is 2. The second kappa shape index (κ2) is 52.2. The van der Waals surface area contributed by atoms with E-state index in [0.717, 1.165) is 133 Å². The van der Waals surface area contributed by atoms with Crippen molar-refractivity contribution in [3.05, 3.63) is 429 Å². The van der Waals surface area contributed by atoms with Gasteiger partial charge in [-0.3, -0.25) is 9.80 Å². The first kappa shape index (κ1) is 92.4. The fraction of sp³-hybridized carbons (Fsp3) is 0.304. The third-order valence-electron chi connectivity index (χ3n) is 23.4. The standard InChI is InChI=1S/C30H35NO.C29H33NO.C29H35NO.C27H31NO/c1-2-26(24-25-12-6-3-7-13-25)30(27-14-8-4-9-15-27)28-16-18-29(19-17-28)32-23-22-31-20-10-5-11-21-31;1-2-25(23-24-11-5-3-6-12-24)29(26-13-7-4-8-14-26)27-15-17-28(18-16-27)31-22-21-30-19-9-10-20-30;1-4-25(23-24-13-9-7-10-14-24)29(26-15-11-8-12-16-26)27-17-19-28(20-18-27)31-22-21-30(5-2)6-3;1-4-23(21-22-11-7-5-8-12-22)27(24-13-9-6-10-14-24)25-15-17-26(18-16-25)29-20-19-28(2)3/h3-4,6-9,12-19H,2,5,10-11,20-24H2,1H3;3-8,11-18H,2,9-10,19-23H2,1H3;7-20H,4-6,21-23H2,1-3H3;5-18H,4,19-21H2,1-3H3. The van der Waals surface area contributed by atoms with Gasteiger partial charge in [0.2, 0.25) is 0 Å². The van der Waals surface area contributed by atoms with Crippen LogP contribution in [0.15, 0.2) is 362 Å². The zero-order chi connectivity index (χ0) is 85.7. The quantitative estimate of drug-likeness (QED) is 0.0379. The van der Waals surface area contributed by atoms with Gasteiger partial charge in [-0.25, -0.2) is 0 Å². The number of benzene rings is 12. The highest BCUT2D eigenvalue weighted by Gasteiger charge is 2.19. The molecule has 2 saturated heterocycles. The van der Waals surface area contributed by atoms with E-state index in [9.17, 15) is 0 Å². The van der Waals surface area contributed by atoms with Crippen molar-refractivity contribution in [2.45, 2.75) is 125 Å². The number of hydrogen-bond acceptors (Lipinski definition) is 8. The van der Waals surface area contributed by atoms with Crippen molar-refractivity contribution in [3.8, 4) is 23.0 Å². The van der Waals surface area contributed by atoms with E-state index in [2.05, 4.69) is 415 Å². The molecule has 2 fully saturated rings. The number of likely N-dealkylation sites (N-methyl/N-ethyl adjacent to an activating group) is 2. The van der Waals surface area contributed by atoms with Crippen molar-refractivity contribution in [2.24, 2.45) is 0 Å². The van der Waals surface area contributed by atoms with E-state index in [4.69, 9.17) is 18.9 Å². The maximum absolute atomic E-state index is 6.07. The number of rotatable bonds is 38. The van der Waals surface area contributed by atoms with Crippen LogP contribution >= 0.6 is 0 Å². The molecular weight excluding hydrogens is 1500 g/mol. The summed E-state index contributed by atoms with van der Waals surface area (Å²) >= 11 is 0. The molecular formula is C115H134N4O4. The van der Waals surface area contributed by atoms with Gasteiger partial charge in [-0.05, 0) is 268 Å².